The van der Waals surface area contributed by atoms with Gasteiger partial charge in [0.1, 0.15) is 11.9 Å². The predicted octanol–water partition coefficient (Wildman–Crippen LogP) is 1.56. The Labute approximate surface area is 107 Å². The van der Waals surface area contributed by atoms with Crippen LogP contribution in [0.2, 0.25) is 0 Å². The van der Waals surface area contributed by atoms with Crippen molar-refractivity contribution in [1.29, 1.82) is 0 Å². The maximum atomic E-state index is 13.4. The number of halogens is 1. The third-order valence-electron chi connectivity index (χ3n) is 2.54. The van der Waals surface area contributed by atoms with Crippen LogP contribution < -0.4 is 11.1 Å². The van der Waals surface area contributed by atoms with Gasteiger partial charge in [0.05, 0.1) is 6.54 Å². The van der Waals surface area contributed by atoms with E-state index in [4.69, 9.17) is 5.73 Å². The SMILES string of the molecule is CCCCNC(N)=NCC(O)c1ccccc1F. The molecule has 18 heavy (non-hydrogen) atoms. The number of benzene rings is 1. The molecule has 0 aliphatic carbocycles. The van der Waals surface area contributed by atoms with E-state index in [9.17, 15) is 9.50 Å². The number of aliphatic imine (C=N–C) groups is 1. The number of unbranched alkanes of at least 4 members (excludes halogenated alkanes) is 1. The highest BCUT2D eigenvalue weighted by molar-refractivity contribution is 5.77. The molecule has 0 spiro atoms. The monoisotopic (exact) mass is 253 g/mol. The van der Waals surface area contributed by atoms with Crippen LogP contribution in [0.1, 0.15) is 31.4 Å². The molecule has 0 radical (unpaired) electrons. The van der Waals surface area contributed by atoms with Gasteiger partial charge < -0.3 is 16.2 Å². The summed E-state index contributed by atoms with van der Waals surface area (Å²) in [6, 6.07) is 6.10. The van der Waals surface area contributed by atoms with E-state index in [2.05, 4.69) is 17.2 Å². The van der Waals surface area contributed by atoms with Crippen LogP contribution in [-0.4, -0.2) is 24.2 Å². The molecule has 0 amide bonds. The lowest BCUT2D eigenvalue weighted by Crippen LogP contribution is -2.32. The fraction of sp³-hybridized carbons (Fsp3) is 0.462. The number of rotatable bonds is 6. The summed E-state index contributed by atoms with van der Waals surface area (Å²) in [6.07, 6.45) is 1.10. The fourth-order valence-corrected chi connectivity index (χ4v) is 1.48. The van der Waals surface area contributed by atoms with E-state index in [1.807, 2.05) is 0 Å². The van der Waals surface area contributed by atoms with Crippen molar-refractivity contribution in [2.45, 2.75) is 25.9 Å². The molecule has 5 heteroatoms. The van der Waals surface area contributed by atoms with Crippen LogP contribution in [0, 0.1) is 5.82 Å². The molecular formula is C13H20FN3O. The van der Waals surface area contributed by atoms with E-state index in [0.29, 0.717) is 0 Å². The summed E-state index contributed by atoms with van der Waals surface area (Å²) in [4.78, 5) is 3.98. The van der Waals surface area contributed by atoms with Crippen molar-refractivity contribution in [1.82, 2.24) is 5.32 Å². The quantitative estimate of drug-likeness (QED) is 0.409. The summed E-state index contributed by atoms with van der Waals surface area (Å²) in [6.45, 7) is 2.88. The third-order valence-corrected chi connectivity index (χ3v) is 2.54. The van der Waals surface area contributed by atoms with E-state index < -0.39 is 11.9 Å². The zero-order valence-corrected chi connectivity index (χ0v) is 10.6. The maximum Gasteiger partial charge on any atom is 0.188 e. The molecule has 4 N–H and O–H groups in total. The second-order valence-corrected chi connectivity index (χ2v) is 4.04. The summed E-state index contributed by atoms with van der Waals surface area (Å²) < 4.78 is 13.4. The molecule has 1 aromatic carbocycles. The molecule has 0 aromatic heterocycles. The molecule has 0 bridgehead atoms. The molecule has 1 aromatic rings. The number of nitrogens with zero attached hydrogens (tertiary/aromatic N) is 1. The van der Waals surface area contributed by atoms with Gasteiger partial charge in [0, 0.05) is 12.1 Å². The molecule has 0 aliphatic heterocycles. The number of nitrogens with one attached hydrogen (secondary N) is 1. The molecule has 4 nitrogen and oxygen atoms in total. The first-order valence-corrected chi connectivity index (χ1v) is 6.11. The summed E-state index contributed by atoms with van der Waals surface area (Å²) in [7, 11) is 0. The highest BCUT2D eigenvalue weighted by Crippen LogP contribution is 2.16. The van der Waals surface area contributed by atoms with Crippen molar-refractivity contribution in [3.8, 4) is 0 Å². The van der Waals surface area contributed by atoms with E-state index in [1.165, 1.54) is 12.1 Å². The molecule has 0 heterocycles. The van der Waals surface area contributed by atoms with Gasteiger partial charge in [-0.3, -0.25) is 4.99 Å². The number of nitrogens with two attached hydrogens (primary N) is 1. The number of aliphatic hydroxyl groups excluding tert-OH is 1. The summed E-state index contributed by atoms with van der Waals surface area (Å²) in [5, 5.41) is 12.7. The average Bonchev–Trinajstić information content (AvgIpc) is 2.37. The second-order valence-electron chi connectivity index (χ2n) is 4.04. The van der Waals surface area contributed by atoms with E-state index in [1.54, 1.807) is 12.1 Å². The van der Waals surface area contributed by atoms with Gasteiger partial charge in [0.25, 0.3) is 0 Å². The molecular weight excluding hydrogens is 233 g/mol. The Kier molecular flexibility index (Phi) is 6.14. The van der Waals surface area contributed by atoms with Gasteiger partial charge in [-0.15, -0.1) is 0 Å². The molecule has 1 atom stereocenters. The number of hydrogen-bond donors (Lipinski definition) is 3. The Hall–Kier alpha value is -1.62. The van der Waals surface area contributed by atoms with Gasteiger partial charge in [-0.05, 0) is 12.5 Å². The van der Waals surface area contributed by atoms with Crippen LogP contribution in [0.5, 0.6) is 0 Å². The van der Waals surface area contributed by atoms with Gasteiger partial charge in [-0.25, -0.2) is 4.39 Å². The van der Waals surface area contributed by atoms with Crippen molar-refractivity contribution in [3.63, 3.8) is 0 Å². The lowest BCUT2D eigenvalue weighted by Gasteiger charge is -2.10. The summed E-state index contributed by atoms with van der Waals surface area (Å²) in [5.41, 5.74) is 5.85. The molecule has 0 fully saturated rings. The highest BCUT2D eigenvalue weighted by Gasteiger charge is 2.11. The first-order valence-electron chi connectivity index (χ1n) is 6.11. The topological polar surface area (TPSA) is 70.6 Å². The number of hydrogen-bond acceptors (Lipinski definition) is 2. The molecule has 0 saturated heterocycles. The number of guanidine groups is 1. The summed E-state index contributed by atoms with van der Waals surface area (Å²) in [5.74, 6) is -0.156. The van der Waals surface area contributed by atoms with Crippen molar-refractivity contribution >= 4 is 5.96 Å². The van der Waals surface area contributed by atoms with Gasteiger partial charge in [0.15, 0.2) is 5.96 Å². The van der Waals surface area contributed by atoms with Crippen LogP contribution >= 0.6 is 0 Å². The van der Waals surface area contributed by atoms with Crippen LogP contribution in [0.4, 0.5) is 4.39 Å². The minimum absolute atomic E-state index is 0.0475. The molecule has 0 aliphatic rings. The molecule has 1 unspecified atom stereocenters. The van der Waals surface area contributed by atoms with Crippen molar-refractivity contribution < 1.29 is 9.50 Å². The van der Waals surface area contributed by atoms with Crippen molar-refractivity contribution in [2.24, 2.45) is 10.7 Å². The van der Waals surface area contributed by atoms with Crippen LogP contribution in [0.3, 0.4) is 0 Å². The van der Waals surface area contributed by atoms with Crippen molar-refractivity contribution in [3.05, 3.63) is 35.6 Å². The first kappa shape index (κ1) is 14.4. The minimum Gasteiger partial charge on any atom is -0.386 e. The van der Waals surface area contributed by atoms with E-state index in [-0.39, 0.29) is 18.1 Å². The lowest BCUT2D eigenvalue weighted by molar-refractivity contribution is 0.182. The normalized spacial score (nSPS) is 13.4. The summed E-state index contributed by atoms with van der Waals surface area (Å²) >= 11 is 0. The average molecular weight is 253 g/mol. The van der Waals surface area contributed by atoms with E-state index >= 15 is 0 Å². The standard InChI is InChI=1S/C13H20FN3O/c1-2-3-8-16-13(15)17-9-12(18)10-6-4-5-7-11(10)14/h4-7,12,18H,2-3,8-9H2,1H3,(H3,15,16,17). The Morgan fingerprint density at radius 1 is 1.50 bits per heavy atom. The zero-order chi connectivity index (χ0) is 13.4. The van der Waals surface area contributed by atoms with E-state index in [0.717, 1.165) is 19.4 Å². The Bertz CT molecular complexity index is 396. The molecule has 1 rings (SSSR count). The van der Waals surface area contributed by atoms with Crippen LogP contribution in [-0.2, 0) is 0 Å². The Balaban J connectivity index is 2.47. The second kappa shape index (κ2) is 7.66. The number of aliphatic hydroxyl groups is 1. The predicted molar refractivity (Wildman–Crippen MR) is 70.8 cm³/mol. The van der Waals surface area contributed by atoms with Crippen LogP contribution in [0.25, 0.3) is 0 Å². The van der Waals surface area contributed by atoms with Gasteiger partial charge >= 0.3 is 0 Å². The van der Waals surface area contributed by atoms with Gasteiger partial charge in [-0.2, -0.15) is 0 Å². The smallest absolute Gasteiger partial charge is 0.188 e. The Morgan fingerprint density at radius 2 is 2.22 bits per heavy atom. The molecule has 100 valence electrons. The minimum atomic E-state index is -0.974. The zero-order valence-electron chi connectivity index (χ0n) is 10.6. The lowest BCUT2D eigenvalue weighted by atomic mass is 10.1. The van der Waals surface area contributed by atoms with Crippen molar-refractivity contribution in [2.75, 3.05) is 13.1 Å². The van der Waals surface area contributed by atoms with Gasteiger partial charge in [0.2, 0.25) is 0 Å². The largest absolute Gasteiger partial charge is 0.386 e. The van der Waals surface area contributed by atoms with Gasteiger partial charge in [-0.1, -0.05) is 31.5 Å². The third kappa shape index (κ3) is 4.71. The highest BCUT2D eigenvalue weighted by atomic mass is 19.1. The maximum absolute atomic E-state index is 13.4. The Morgan fingerprint density at radius 3 is 2.89 bits per heavy atom. The fourth-order valence-electron chi connectivity index (χ4n) is 1.48. The molecule has 0 saturated carbocycles. The van der Waals surface area contributed by atoms with Crippen LogP contribution in [0.15, 0.2) is 29.3 Å². The first-order chi connectivity index (χ1) is 8.65.